The first-order valence-electron chi connectivity index (χ1n) is 7.90. The average Bonchev–Trinajstić information content (AvgIpc) is 3.27. The molecule has 2 aliphatic rings. The van der Waals surface area contributed by atoms with Gasteiger partial charge in [-0.3, -0.25) is 4.90 Å². The zero-order valence-electron chi connectivity index (χ0n) is 12.6. The van der Waals surface area contributed by atoms with Gasteiger partial charge >= 0.3 is 5.97 Å². The lowest BCUT2D eigenvalue weighted by Gasteiger charge is -2.30. The quantitative estimate of drug-likeness (QED) is 0.814. The molecule has 5 nitrogen and oxygen atoms in total. The first-order valence-corrected chi connectivity index (χ1v) is 7.90. The molecule has 0 amide bonds. The van der Waals surface area contributed by atoms with E-state index >= 15 is 0 Å². The molecular formula is C16H24N2O3. The van der Waals surface area contributed by atoms with Crippen LogP contribution in [0.1, 0.15) is 48.2 Å². The Morgan fingerprint density at radius 3 is 2.95 bits per heavy atom. The number of methoxy groups -OCH3 is 1. The lowest BCUT2D eigenvalue weighted by Crippen LogP contribution is -2.44. The van der Waals surface area contributed by atoms with E-state index in [0.29, 0.717) is 17.8 Å². The third-order valence-electron chi connectivity index (χ3n) is 4.42. The topological polar surface area (TPSA) is 54.7 Å². The van der Waals surface area contributed by atoms with E-state index < -0.39 is 0 Å². The molecule has 1 aliphatic carbocycles. The minimum atomic E-state index is -0.387. The predicted molar refractivity (Wildman–Crippen MR) is 79.1 cm³/mol. The lowest BCUT2D eigenvalue weighted by molar-refractivity contribution is 0.0561. The van der Waals surface area contributed by atoms with Crippen molar-refractivity contribution < 1.29 is 13.9 Å². The number of nitrogens with zero attached hydrogens (tertiary/aromatic N) is 1. The molecule has 1 saturated carbocycles. The maximum absolute atomic E-state index is 11.7. The van der Waals surface area contributed by atoms with Gasteiger partial charge in [-0.1, -0.05) is 6.42 Å². The van der Waals surface area contributed by atoms with Crippen molar-refractivity contribution in [2.45, 2.75) is 50.7 Å². The van der Waals surface area contributed by atoms with Gasteiger partial charge in [0.25, 0.3) is 0 Å². The van der Waals surface area contributed by atoms with Crippen LogP contribution in [0.15, 0.2) is 16.7 Å². The number of hydrogen-bond acceptors (Lipinski definition) is 5. The van der Waals surface area contributed by atoms with Crippen molar-refractivity contribution in [3.05, 3.63) is 23.7 Å². The Bertz CT molecular complexity index is 476. The average molecular weight is 292 g/mol. The van der Waals surface area contributed by atoms with Crippen LogP contribution in [0.2, 0.25) is 0 Å². The van der Waals surface area contributed by atoms with Crippen LogP contribution < -0.4 is 5.32 Å². The van der Waals surface area contributed by atoms with Crippen LogP contribution in [0, 0.1) is 0 Å². The summed E-state index contributed by atoms with van der Waals surface area (Å²) in [4.78, 5) is 14.2. The second-order valence-corrected chi connectivity index (χ2v) is 6.07. The van der Waals surface area contributed by atoms with Crippen LogP contribution in [0.5, 0.6) is 0 Å². The highest BCUT2D eigenvalue weighted by atomic mass is 16.5. The molecule has 1 aromatic heterocycles. The molecule has 2 heterocycles. The second-order valence-electron chi connectivity index (χ2n) is 6.07. The van der Waals surface area contributed by atoms with Crippen LogP contribution in [-0.4, -0.2) is 43.2 Å². The minimum absolute atomic E-state index is 0.347. The molecule has 0 radical (unpaired) electrons. The number of carbonyl (C=O) groups excluding carboxylic acids is 1. The molecule has 1 unspecified atom stereocenters. The van der Waals surface area contributed by atoms with Crippen molar-refractivity contribution >= 4 is 5.97 Å². The first-order chi connectivity index (χ1) is 10.3. The van der Waals surface area contributed by atoms with Gasteiger partial charge in [-0.15, -0.1) is 0 Å². The number of rotatable bonds is 6. The Balaban J connectivity index is 1.65. The zero-order chi connectivity index (χ0) is 14.7. The number of carbonyl (C=O) groups is 1. The molecule has 0 spiro atoms. The van der Waals surface area contributed by atoms with Crippen molar-refractivity contribution in [1.29, 1.82) is 0 Å². The summed E-state index contributed by atoms with van der Waals surface area (Å²) in [5.74, 6) is -0.0405. The maximum atomic E-state index is 11.7. The number of nitrogens with one attached hydrogen (secondary N) is 1. The van der Waals surface area contributed by atoms with Crippen LogP contribution in [0.3, 0.4) is 0 Å². The summed E-state index contributed by atoms with van der Waals surface area (Å²) in [6.07, 6.45) is 7.95. The molecule has 1 N–H and O–H groups in total. The molecule has 116 valence electrons. The molecule has 1 aliphatic heterocycles. The fraction of sp³-hybridized carbons (Fsp3) is 0.688. The van der Waals surface area contributed by atoms with E-state index in [0.717, 1.165) is 25.2 Å². The van der Waals surface area contributed by atoms with Gasteiger partial charge in [-0.25, -0.2) is 4.79 Å². The second kappa shape index (κ2) is 6.62. The number of esters is 1. The smallest absolute Gasteiger partial charge is 0.374 e. The number of hydrogen-bond donors (Lipinski definition) is 1. The van der Waals surface area contributed by atoms with Gasteiger partial charge < -0.3 is 14.5 Å². The van der Waals surface area contributed by atoms with Gasteiger partial charge in [-0.2, -0.15) is 0 Å². The van der Waals surface area contributed by atoms with Gasteiger partial charge in [0, 0.05) is 30.7 Å². The Kier molecular flexibility index (Phi) is 4.60. The molecular weight excluding hydrogens is 268 g/mol. The van der Waals surface area contributed by atoms with Crippen molar-refractivity contribution in [3.63, 3.8) is 0 Å². The van der Waals surface area contributed by atoms with Crippen LogP contribution >= 0.6 is 0 Å². The van der Waals surface area contributed by atoms with Crippen molar-refractivity contribution in [3.8, 4) is 0 Å². The molecule has 1 atom stereocenters. The van der Waals surface area contributed by atoms with Gasteiger partial charge in [-0.05, 0) is 38.3 Å². The summed E-state index contributed by atoms with van der Waals surface area (Å²) < 4.78 is 10.1. The molecule has 0 aromatic carbocycles. The largest absolute Gasteiger partial charge is 0.463 e. The fourth-order valence-electron chi connectivity index (χ4n) is 3.10. The molecule has 21 heavy (non-hydrogen) atoms. The van der Waals surface area contributed by atoms with Crippen molar-refractivity contribution in [2.24, 2.45) is 0 Å². The minimum Gasteiger partial charge on any atom is -0.463 e. The predicted octanol–water partition coefficient (Wildman–Crippen LogP) is 2.17. The first kappa shape index (κ1) is 14.6. The molecule has 3 rings (SSSR count). The maximum Gasteiger partial charge on any atom is 0.374 e. The summed E-state index contributed by atoms with van der Waals surface area (Å²) in [6, 6.07) is 3.12. The monoisotopic (exact) mass is 292 g/mol. The highest BCUT2D eigenvalue weighted by Gasteiger charge is 2.32. The molecule has 2 fully saturated rings. The van der Waals surface area contributed by atoms with E-state index in [1.165, 1.54) is 39.2 Å². The summed E-state index contributed by atoms with van der Waals surface area (Å²) in [7, 11) is 1.39. The SMILES string of the molecule is COC(=O)c1occc1CN(CC1CCCCN1)C1CC1. The van der Waals surface area contributed by atoms with E-state index in [-0.39, 0.29) is 5.97 Å². The Morgan fingerprint density at radius 2 is 2.29 bits per heavy atom. The Morgan fingerprint density at radius 1 is 1.43 bits per heavy atom. The van der Waals surface area contributed by atoms with Gasteiger partial charge in [0.15, 0.2) is 0 Å². The highest BCUT2D eigenvalue weighted by molar-refractivity contribution is 5.87. The lowest BCUT2D eigenvalue weighted by atomic mass is 10.0. The summed E-state index contributed by atoms with van der Waals surface area (Å²) in [5, 5.41) is 3.60. The number of piperidine rings is 1. The normalized spacial score (nSPS) is 22.5. The molecule has 0 bridgehead atoms. The van der Waals surface area contributed by atoms with Gasteiger partial charge in [0.1, 0.15) is 0 Å². The van der Waals surface area contributed by atoms with E-state index in [4.69, 9.17) is 9.15 Å². The Labute approximate surface area is 125 Å². The fourth-order valence-corrected chi connectivity index (χ4v) is 3.10. The van der Waals surface area contributed by atoms with Crippen molar-refractivity contribution in [2.75, 3.05) is 20.2 Å². The number of ether oxygens (including phenoxy) is 1. The van der Waals surface area contributed by atoms with E-state index in [2.05, 4.69) is 10.2 Å². The molecule has 1 aromatic rings. The van der Waals surface area contributed by atoms with Crippen LogP contribution in [0.25, 0.3) is 0 Å². The van der Waals surface area contributed by atoms with Gasteiger partial charge in [0.05, 0.1) is 13.4 Å². The molecule has 1 saturated heterocycles. The third-order valence-corrected chi connectivity index (χ3v) is 4.42. The standard InChI is InChI=1S/C16H24N2O3/c1-20-16(19)15-12(7-9-21-15)10-18(14-5-6-14)11-13-4-2-3-8-17-13/h7,9,13-14,17H,2-6,8,10-11H2,1H3. The van der Waals surface area contributed by atoms with E-state index in [1.54, 1.807) is 6.26 Å². The van der Waals surface area contributed by atoms with Crippen molar-refractivity contribution in [1.82, 2.24) is 10.2 Å². The van der Waals surface area contributed by atoms with E-state index in [1.807, 2.05) is 6.07 Å². The zero-order valence-corrected chi connectivity index (χ0v) is 12.6. The summed E-state index contributed by atoms with van der Waals surface area (Å²) in [6.45, 7) is 2.95. The summed E-state index contributed by atoms with van der Waals surface area (Å²) in [5.41, 5.74) is 0.935. The third kappa shape index (κ3) is 3.66. The van der Waals surface area contributed by atoms with Crippen LogP contribution in [-0.2, 0) is 11.3 Å². The van der Waals surface area contributed by atoms with Crippen LogP contribution in [0.4, 0.5) is 0 Å². The number of furan rings is 1. The van der Waals surface area contributed by atoms with E-state index in [9.17, 15) is 4.79 Å². The summed E-state index contributed by atoms with van der Waals surface area (Å²) >= 11 is 0. The Hall–Kier alpha value is -1.33. The highest BCUT2D eigenvalue weighted by Crippen LogP contribution is 2.30. The van der Waals surface area contributed by atoms with Gasteiger partial charge in [0.2, 0.25) is 5.76 Å². The molecule has 5 heteroatoms.